The summed E-state index contributed by atoms with van der Waals surface area (Å²) >= 11 is 0. The van der Waals surface area contributed by atoms with Crippen molar-refractivity contribution in [1.29, 1.82) is 5.26 Å². The maximum Gasteiger partial charge on any atom is 0.407 e. The molecule has 1 aromatic rings. The first-order valence-corrected chi connectivity index (χ1v) is 6.86. The summed E-state index contributed by atoms with van der Waals surface area (Å²) in [5.41, 5.74) is 0.801. The Balaban J connectivity index is 2.30. The SMILES string of the molecule is N#CCC[C@H](NC(=O)CNC(=O)OCc1ccccc1)C(=O)O. The standard InChI is InChI=1S/C15H17N3O5/c16-8-4-7-12(14(20)21)18-13(19)9-17-15(22)23-10-11-5-2-1-3-6-11/h1-3,5-6,12H,4,7,9-10H2,(H,17,22)(H,18,19)(H,20,21)/t12-/m0/s1. The van der Waals surface area contributed by atoms with Crippen LogP contribution in [0.5, 0.6) is 0 Å². The van der Waals surface area contributed by atoms with Crippen LogP contribution in [-0.4, -0.2) is 35.7 Å². The maximum atomic E-state index is 11.6. The molecule has 1 atom stereocenters. The van der Waals surface area contributed by atoms with Crippen molar-refractivity contribution >= 4 is 18.0 Å². The molecule has 1 aromatic carbocycles. The predicted molar refractivity (Wildman–Crippen MR) is 79.0 cm³/mol. The fourth-order valence-corrected chi connectivity index (χ4v) is 1.64. The zero-order chi connectivity index (χ0) is 17.1. The van der Waals surface area contributed by atoms with Crippen molar-refractivity contribution in [3.63, 3.8) is 0 Å². The second-order valence-electron chi connectivity index (χ2n) is 4.57. The van der Waals surface area contributed by atoms with E-state index in [0.717, 1.165) is 5.56 Å². The van der Waals surface area contributed by atoms with Crippen LogP contribution in [0.1, 0.15) is 18.4 Å². The number of rotatable bonds is 8. The lowest BCUT2D eigenvalue weighted by Crippen LogP contribution is -2.45. The second kappa shape index (κ2) is 9.78. The Labute approximate surface area is 133 Å². The number of nitriles is 1. The average molecular weight is 319 g/mol. The van der Waals surface area contributed by atoms with E-state index in [0.29, 0.717) is 0 Å². The van der Waals surface area contributed by atoms with E-state index in [2.05, 4.69) is 10.6 Å². The Kier molecular flexibility index (Phi) is 7.64. The summed E-state index contributed by atoms with van der Waals surface area (Å²) in [5, 5.41) is 21.8. The van der Waals surface area contributed by atoms with E-state index in [9.17, 15) is 14.4 Å². The molecule has 0 bridgehead atoms. The number of aliphatic carboxylic acids is 1. The van der Waals surface area contributed by atoms with Crippen molar-refractivity contribution in [2.75, 3.05) is 6.54 Å². The third-order valence-electron chi connectivity index (χ3n) is 2.78. The highest BCUT2D eigenvalue weighted by Crippen LogP contribution is 2.00. The van der Waals surface area contributed by atoms with Crippen molar-refractivity contribution in [3.8, 4) is 6.07 Å². The lowest BCUT2D eigenvalue weighted by molar-refractivity contribution is -0.141. The van der Waals surface area contributed by atoms with Gasteiger partial charge in [-0.1, -0.05) is 30.3 Å². The summed E-state index contributed by atoms with van der Waals surface area (Å²) in [5.74, 6) is -1.91. The van der Waals surface area contributed by atoms with Gasteiger partial charge in [-0.15, -0.1) is 0 Å². The van der Waals surface area contributed by atoms with Crippen LogP contribution in [0.3, 0.4) is 0 Å². The zero-order valence-electron chi connectivity index (χ0n) is 12.3. The van der Waals surface area contributed by atoms with Gasteiger partial charge in [-0.2, -0.15) is 5.26 Å². The lowest BCUT2D eigenvalue weighted by Gasteiger charge is -2.13. The third-order valence-corrected chi connectivity index (χ3v) is 2.78. The lowest BCUT2D eigenvalue weighted by atomic mass is 10.1. The number of carbonyl (C=O) groups is 3. The molecule has 0 spiro atoms. The van der Waals surface area contributed by atoms with Crippen LogP contribution in [0.4, 0.5) is 4.79 Å². The highest BCUT2D eigenvalue weighted by atomic mass is 16.5. The number of hydrogen-bond donors (Lipinski definition) is 3. The molecule has 0 aliphatic heterocycles. The fraction of sp³-hybridized carbons (Fsp3) is 0.333. The molecule has 0 radical (unpaired) electrons. The molecule has 0 fully saturated rings. The van der Waals surface area contributed by atoms with E-state index in [1.165, 1.54) is 0 Å². The number of alkyl carbamates (subject to hydrolysis) is 1. The Bertz CT molecular complexity index is 583. The summed E-state index contributed by atoms with van der Waals surface area (Å²) in [6.45, 7) is -0.349. The Morgan fingerprint density at radius 1 is 1.26 bits per heavy atom. The number of carboxylic acids is 1. The third kappa shape index (κ3) is 7.47. The number of ether oxygens (including phenoxy) is 1. The van der Waals surface area contributed by atoms with Crippen molar-refractivity contribution in [2.24, 2.45) is 0 Å². The van der Waals surface area contributed by atoms with Gasteiger partial charge in [0.05, 0.1) is 6.07 Å². The number of carboxylic acid groups (broad SMARTS) is 1. The van der Waals surface area contributed by atoms with E-state index >= 15 is 0 Å². The summed E-state index contributed by atoms with van der Waals surface area (Å²) < 4.78 is 4.91. The molecule has 122 valence electrons. The minimum Gasteiger partial charge on any atom is -0.480 e. The van der Waals surface area contributed by atoms with Crippen LogP contribution in [0.25, 0.3) is 0 Å². The van der Waals surface area contributed by atoms with E-state index < -0.39 is 30.6 Å². The van der Waals surface area contributed by atoms with E-state index in [1.54, 1.807) is 30.3 Å². The monoisotopic (exact) mass is 319 g/mol. The summed E-state index contributed by atoms with van der Waals surface area (Å²) in [4.78, 5) is 33.9. The van der Waals surface area contributed by atoms with Crippen LogP contribution in [0.2, 0.25) is 0 Å². The number of amides is 2. The van der Waals surface area contributed by atoms with Crippen LogP contribution in [-0.2, 0) is 20.9 Å². The first kappa shape index (κ1) is 18.0. The predicted octanol–water partition coefficient (Wildman–Crippen LogP) is 0.786. The number of nitrogens with zero attached hydrogens (tertiary/aromatic N) is 1. The molecule has 0 aliphatic rings. The molecule has 3 N–H and O–H groups in total. The zero-order valence-corrected chi connectivity index (χ0v) is 12.3. The Morgan fingerprint density at radius 3 is 2.57 bits per heavy atom. The molecule has 1 rings (SSSR count). The normalized spacial score (nSPS) is 10.9. The number of benzene rings is 1. The van der Waals surface area contributed by atoms with Crippen molar-refractivity contribution in [3.05, 3.63) is 35.9 Å². The Morgan fingerprint density at radius 2 is 1.96 bits per heavy atom. The number of hydrogen-bond acceptors (Lipinski definition) is 5. The smallest absolute Gasteiger partial charge is 0.407 e. The number of nitrogens with one attached hydrogen (secondary N) is 2. The molecule has 0 saturated carbocycles. The van der Waals surface area contributed by atoms with Gasteiger partial charge in [-0.25, -0.2) is 9.59 Å². The minimum atomic E-state index is -1.24. The molecule has 0 aromatic heterocycles. The molecular formula is C15H17N3O5. The second-order valence-corrected chi connectivity index (χ2v) is 4.57. The molecule has 8 heteroatoms. The summed E-state index contributed by atoms with van der Waals surface area (Å²) in [6, 6.07) is 9.65. The van der Waals surface area contributed by atoms with Crippen LogP contribution in [0.15, 0.2) is 30.3 Å². The van der Waals surface area contributed by atoms with Gasteiger partial charge in [0.1, 0.15) is 19.2 Å². The van der Waals surface area contributed by atoms with Crippen LogP contribution < -0.4 is 10.6 Å². The minimum absolute atomic E-state index is 0.00376. The van der Waals surface area contributed by atoms with Crippen molar-refractivity contribution in [2.45, 2.75) is 25.5 Å². The van der Waals surface area contributed by atoms with Crippen molar-refractivity contribution < 1.29 is 24.2 Å². The van der Waals surface area contributed by atoms with Gasteiger partial charge in [0.15, 0.2) is 0 Å². The van der Waals surface area contributed by atoms with Gasteiger partial charge < -0.3 is 20.5 Å². The highest BCUT2D eigenvalue weighted by molar-refractivity contribution is 5.86. The van der Waals surface area contributed by atoms with Gasteiger partial charge >= 0.3 is 12.1 Å². The maximum absolute atomic E-state index is 11.6. The fourth-order valence-electron chi connectivity index (χ4n) is 1.64. The molecule has 0 aliphatic carbocycles. The quantitative estimate of drug-likeness (QED) is 0.649. The van der Waals surface area contributed by atoms with Crippen LogP contribution >= 0.6 is 0 Å². The van der Waals surface area contributed by atoms with Gasteiger partial charge in [-0.3, -0.25) is 4.79 Å². The Hall–Kier alpha value is -3.08. The van der Waals surface area contributed by atoms with Gasteiger partial charge in [0, 0.05) is 6.42 Å². The van der Waals surface area contributed by atoms with E-state index in [4.69, 9.17) is 15.1 Å². The summed E-state index contributed by atoms with van der Waals surface area (Å²) in [7, 11) is 0. The van der Waals surface area contributed by atoms with E-state index in [1.807, 2.05) is 6.07 Å². The average Bonchev–Trinajstić information content (AvgIpc) is 2.55. The first-order valence-electron chi connectivity index (χ1n) is 6.86. The summed E-state index contributed by atoms with van der Waals surface area (Å²) in [6.07, 6.45) is -0.785. The molecule has 0 heterocycles. The topological polar surface area (TPSA) is 129 Å². The van der Waals surface area contributed by atoms with Gasteiger partial charge in [-0.05, 0) is 12.0 Å². The largest absolute Gasteiger partial charge is 0.480 e. The molecule has 2 amide bonds. The molecule has 0 unspecified atom stereocenters. The molecular weight excluding hydrogens is 302 g/mol. The van der Waals surface area contributed by atoms with Gasteiger partial charge in [0.25, 0.3) is 0 Å². The van der Waals surface area contributed by atoms with Crippen LogP contribution in [0, 0.1) is 11.3 Å². The first-order chi connectivity index (χ1) is 11.0. The highest BCUT2D eigenvalue weighted by Gasteiger charge is 2.19. The van der Waals surface area contributed by atoms with E-state index in [-0.39, 0.29) is 19.4 Å². The molecule has 8 nitrogen and oxygen atoms in total. The molecule has 0 saturated heterocycles. The number of carbonyl (C=O) groups excluding carboxylic acids is 2. The van der Waals surface area contributed by atoms with Gasteiger partial charge in [0.2, 0.25) is 5.91 Å². The molecule has 23 heavy (non-hydrogen) atoms. The van der Waals surface area contributed by atoms with Crippen molar-refractivity contribution in [1.82, 2.24) is 10.6 Å².